The molecule has 1 heterocycles. The third kappa shape index (κ3) is 3.99. The number of carbonyl (C=O) groups excluding carboxylic acids is 1. The van der Waals surface area contributed by atoms with Gasteiger partial charge in [-0.3, -0.25) is 4.79 Å². The summed E-state index contributed by atoms with van der Waals surface area (Å²) < 4.78 is 19.0. The van der Waals surface area contributed by atoms with Crippen LogP contribution in [0.2, 0.25) is 0 Å². The van der Waals surface area contributed by atoms with Crippen molar-refractivity contribution < 1.29 is 13.9 Å². The molecule has 0 atom stereocenters. The first-order chi connectivity index (χ1) is 13.7. The molecule has 3 aromatic carbocycles. The highest BCUT2D eigenvalue weighted by Crippen LogP contribution is 2.23. The molecule has 0 saturated carbocycles. The van der Waals surface area contributed by atoms with Gasteiger partial charge < -0.3 is 10.1 Å². The zero-order valence-corrected chi connectivity index (χ0v) is 14.9. The number of pyridine rings is 1. The first kappa shape index (κ1) is 17.7. The number of hydrogen-bond donors (Lipinski definition) is 1. The Morgan fingerprint density at radius 2 is 1.79 bits per heavy atom. The minimum atomic E-state index is -0.389. The van der Waals surface area contributed by atoms with Gasteiger partial charge in [-0.2, -0.15) is 0 Å². The molecular formula is C23H17FN2O2. The standard InChI is InChI=1S/C23H17FN2O2/c24-20-8-3-9-21(14-20)28-23-19(7-4-12-25-23)15-26-22(27)18-11-10-16-5-1-2-6-17(16)13-18/h1-14H,15H2,(H,26,27). The van der Waals surface area contributed by atoms with Crippen LogP contribution >= 0.6 is 0 Å². The van der Waals surface area contributed by atoms with Gasteiger partial charge in [0, 0.05) is 29.9 Å². The second-order valence-electron chi connectivity index (χ2n) is 6.27. The number of nitrogens with one attached hydrogen (secondary N) is 1. The summed E-state index contributed by atoms with van der Waals surface area (Å²) in [4.78, 5) is 16.8. The molecule has 4 nitrogen and oxygen atoms in total. The lowest BCUT2D eigenvalue weighted by Gasteiger charge is -2.11. The number of hydrogen-bond acceptors (Lipinski definition) is 3. The van der Waals surface area contributed by atoms with Gasteiger partial charge >= 0.3 is 0 Å². The van der Waals surface area contributed by atoms with E-state index in [4.69, 9.17) is 4.74 Å². The Morgan fingerprint density at radius 1 is 0.929 bits per heavy atom. The van der Waals surface area contributed by atoms with Crippen molar-refractivity contribution in [2.24, 2.45) is 0 Å². The van der Waals surface area contributed by atoms with E-state index >= 15 is 0 Å². The lowest BCUT2D eigenvalue weighted by atomic mass is 10.1. The molecule has 1 N–H and O–H groups in total. The van der Waals surface area contributed by atoms with Crippen molar-refractivity contribution in [3.63, 3.8) is 0 Å². The maximum atomic E-state index is 13.4. The first-order valence-corrected chi connectivity index (χ1v) is 8.83. The summed E-state index contributed by atoms with van der Waals surface area (Å²) in [5, 5.41) is 4.97. The molecule has 28 heavy (non-hydrogen) atoms. The molecule has 0 aliphatic heterocycles. The van der Waals surface area contributed by atoms with Crippen molar-refractivity contribution in [3.8, 4) is 11.6 Å². The topological polar surface area (TPSA) is 51.2 Å². The molecule has 5 heteroatoms. The zero-order valence-electron chi connectivity index (χ0n) is 14.9. The van der Waals surface area contributed by atoms with Crippen LogP contribution in [-0.2, 0) is 6.54 Å². The third-order valence-electron chi connectivity index (χ3n) is 4.31. The number of aromatic nitrogens is 1. The number of amides is 1. The molecule has 0 spiro atoms. The van der Waals surface area contributed by atoms with Gasteiger partial charge in [0.15, 0.2) is 0 Å². The maximum absolute atomic E-state index is 13.4. The molecule has 0 radical (unpaired) electrons. The van der Waals surface area contributed by atoms with E-state index in [9.17, 15) is 9.18 Å². The van der Waals surface area contributed by atoms with Gasteiger partial charge in [0.2, 0.25) is 5.88 Å². The molecule has 4 rings (SSSR count). The van der Waals surface area contributed by atoms with Gasteiger partial charge in [0.1, 0.15) is 11.6 Å². The number of fused-ring (bicyclic) bond motifs is 1. The third-order valence-corrected chi connectivity index (χ3v) is 4.31. The van der Waals surface area contributed by atoms with Gasteiger partial charge in [-0.05, 0) is 41.1 Å². The van der Waals surface area contributed by atoms with Gasteiger partial charge in [-0.1, -0.05) is 42.5 Å². The van der Waals surface area contributed by atoms with Gasteiger partial charge in [0.25, 0.3) is 5.91 Å². The Labute approximate surface area is 161 Å². The molecule has 1 aromatic heterocycles. The summed E-state index contributed by atoms with van der Waals surface area (Å²) in [5.41, 5.74) is 1.27. The molecule has 0 saturated heterocycles. The molecule has 138 valence electrons. The molecule has 4 aromatic rings. The minimum Gasteiger partial charge on any atom is -0.439 e. The van der Waals surface area contributed by atoms with Crippen LogP contribution in [-0.4, -0.2) is 10.9 Å². The van der Waals surface area contributed by atoms with Crippen LogP contribution in [0, 0.1) is 5.82 Å². The fourth-order valence-electron chi connectivity index (χ4n) is 2.90. The van der Waals surface area contributed by atoms with Crippen LogP contribution in [0.4, 0.5) is 4.39 Å². The van der Waals surface area contributed by atoms with Crippen LogP contribution < -0.4 is 10.1 Å². The van der Waals surface area contributed by atoms with Gasteiger partial charge in [-0.25, -0.2) is 9.37 Å². The van der Waals surface area contributed by atoms with Crippen LogP contribution in [0.1, 0.15) is 15.9 Å². The number of halogens is 1. The smallest absolute Gasteiger partial charge is 0.251 e. The monoisotopic (exact) mass is 372 g/mol. The van der Waals surface area contributed by atoms with Crippen molar-refractivity contribution in [1.82, 2.24) is 10.3 Å². The Kier molecular flexibility index (Phi) is 4.97. The van der Waals surface area contributed by atoms with Crippen molar-refractivity contribution in [2.45, 2.75) is 6.54 Å². The Morgan fingerprint density at radius 3 is 2.64 bits per heavy atom. The first-order valence-electron chi connectivity index (χ1n) is 8.83. The Bertz CT molecular complexity index is 1140. The van der Waals surface area contributed by atoms with Crippen LogP contribution in [0.5, 0.6) is 11.6 Å². The summed E-state index contributed by atoms with van der Waals surface area (Å²) in [7, 11) is 0. The maximum Gasteiger partial charge on any atom is 0.251 e. The van der Waals surface area contributed by atoms with Gasteiger partial charge in [-0.15, -0.1) is 0 Å². The average molecular weight is 372 g/mol. The fourth-order valence-corrected chi connectivity index (χ4v) is 2.90. The van der Waals surface area contributed by atoms with E-state index in [-0.39, 0.29) is 18.3 Å². The summed E-state index contributed by atoms with van der Waals surface area (Å²) >= 11 is 0. The molecule has 0 aliphatic carbocycles. The van der Waals surface area contributed by atoms with E-state index in [1.54, 1.807) is 30.5 Å². The van der Waals surface area contributed by atoms with E-state index in [0.29, 0.717) is 22.8 Å². The van der Waals surface area contributed by atoms with Crippen molar-refractivity contribution in [2.75, 3.05) is 0 Å². The van der Waals surface area contributed by atoms with E-state index in [1.807, 2.05) is 42.5 Å². The predicted octanol–water partition coefficient (Wildman–Crippen LogP) is 5.10. The summed E-state index contributed by atoms with van der Waals surface area (Å²) in [6.07, 6.45) is 1.59. The molecule has 0 fully saturated rings. The summed E-state index contributed by atoms with van der Waals surface area (Å²) in [5.74, 6) is 0.0959. The predicted molar refractivity (Wildman–Crippen MR) is 106 cm³/mol. The molecular weight excluding hydrogens is 355 g/mol. The normalized spacial score (nSPS) is 10.6. The molecule has 0 unspecified atom stereocenters. The minimum absolute atomic E-state index is 0.189. The SMILES string of the molecule is O=C(NCc1cccnc1Oc1cccc(F)c1)c1ccc2ccccc2c1. The van der Waals surface area contributed by atoms with Crippen LogP contribution in [0.3, 0.4) is 0 Å². The van der Waals surface area contributed by atoms with E-state index in [0.717, 1.165) is 10.8 Å². The Balaban J connectivity index is 1.49. The molecule has 0 bridgehead atoms. The quantitative estimate of drug-likeness (QED) is 0.530. The highest BCUT2D eigenvalue weighted by molar-refractivity contribution is 5.98. The summed E-state index contributed by atoms with van der Waals surface area (Å²) in [6, 6.07) is 22.9. The Hall–Kier alpha value is -3.73. The number of benzene rings is 3. The van der Waals surface area contributed by atoms with Gasteiger partial charge in [0.05, 0.1) is 0 Å². The highest BCUT2D eigenvalue weighted by atomic mass is 19.1. The van der Waals surface area contributed by atoms with Crippen LogP contribution in [0.15, 0.2) is 85.1 Å². The largest absolute Gasteiger partial charge is 0.439 e. The molecule has 0 aliphatic rings. The van der Waals surface area contributed by atoms with Crippen LogP contribution in [0.25, 0.3) is 10.8 Å². The number of nitrogens with zero attached hydrogens (tertiary/aromatic N) is 1. The molecule has 1 amide bonds. The van der Waals surface area contributed by atoms with E-state index in [1.165, 1.54) is 12.1 Å². The number of carbonyl (C=O) groups is 1. The second-order valence-corrected chi connectivity index (χ2v) is 6.27. The zero-order chi connectivity index (χ0) is 19.3. The van der Waals surface area contributed by atoms with Crippen molar-refractivity contribution >= 4 is 16.7 Å². The second kappa shape index (κ2) is 7.88. The lowest BCUT2D eigenvalue weighted by Crippen LogP contribution is -2.23. The fraction of sp³-hybridized carbons (Fsp3) is 0.0435. The van der Waals surface area contributed by atoms with E-state index < -0.39 is 0 Å². The highest BCUT2D eigenvalue weighted by Gasteiger charge is 2.10. The number of rotatable bonds is 5. The summed E-state index contributed by atoms with van der Waals surface area (Å²) in [6.45, 7) is 0.240. The average Bonchev–Trinajstić information content (AvgIpc) is 2.72. The van der Waals surface area contributed by atoms with Crippen molar-refractivity contribution in [3.05, 3.63) is 102 Å². The number of ether oxygens (including phenoxy) is 1. The van der Waals surface area contributed by atoms with E-state index in [2.05, 4.69) is 10.3 Å². The van der Waals surface area contributed by atoms with Crippen molar-refractivity contribution in [1.29, 1.82) is 0 Å². The lowest BCUT2D eigenvalue weighted by molar-refractivity contribution is 0.0951.